The van der Waals surface area contributed by atoms with Gasteiger partial charge in [-0.15, -0.1) is 0 Å². The number of rotatable bonds is 7. The van der Waals surface area contributed by atoms with E-state index in [1.165, 1.54) is 6.07 Å². The highest BCUT2D eigenvalue weighted by Crippen LogP contribution is 2.30. The summed E-state index contributed by atoms with van der Waals surface area (Å²) in [7, 11) is 0. The maximum atomic E-state index is 13.6. The van der Waals surface area contributed by atoms with Gasteiger partial charge in [0.1, 0.15) is 0 Å². The molecule has 0 atom stereocenters. The Morgan fingerprint density at radius 3 is 2.43 bits per heavy atom. The molecule has 1 aliphatic rings. The first kappa shape index (κ1) is 20.2. The molecule has 1 aromatic heterocycles. The lowest BCUT2D eigenvalue weighted by Gasteiger charge is -2.22. The molecule has 1 amide bonds. The van der Waals surface area contributed by atoms with E-state index in [1.807, 2.05) is 37.3 Å². The molecule has 1 fully saturated rings. The summed E-state index contributed by atoms with van der Waals surface area (Å²) in [5, 5.41) is 2.88. The summed E-state index contributed by atoms with van der Waals surface area (Å²) in [5.74, 6) is -1.89. The van der Waals surface area contributed by atoms with Crippen LogP contribution in [0.25, 0.3) is 0 Å². The highest BCUT2D eigenvalue weighted by Gasteiger charge is 2.29. The van der Waals surface area contributed by atoms with Crippen LogP contribution in [-0.4, -0.2) is 21.8 Å². The molecule has 2 aromatic carbocycles. The third kappa shape index (κ3) is 5.07. The second-order valence-electron chi connectivity index (χ2n) is 7.79. The topological polar surface area (TPSA) is 45.2 Å². The smallest absolute Gasteiger partial charge is 0.257 e. The Kier molecular flexibility index (Phi) is 5.86. The van der Waals surface area contributed by atoms with Gasteiger partial charge in [-0.3, -0.25) is 14.7 Å². The number of carbonyl (C=O) groups excluding carboxylic acids is 1. The number of amides is 1. The third-order valence-electron chi connectivity index (χ3n) is 5.19. The first-order chi connectivity index (χ1) is 14.5. The van der Waals surface area contributed by atoms with Gasteiger partial charge in [-0.25, -0.2) is 8.78 Å². The van der Waals surface area contributed by atoms with Crippen LogP contribution in [0.3, 0.4) is 0 Å². The molecule has 0 unspecified atom stereocenters. The van der Waals surface area contributed by atoms with Crippen LogP contribution in [0.15, 0.2) is 60.9 Å². The maximum Gasteiger partial charge on any atom is 0.257 e. The molecule has 0 saturated heterocycles. The van der Waals surface area contributed by atoms with Gasteiger partial charge >= 0.3 is 0 Å². The lowest BCUT2D eigenvalue weighted by molar-refractivity contribution is 0.102. The predicted molar refractivity (Wildman–Crippen MR) is 112 cm³/mol. The van der Waals surface area contributed by atoms with Crippen LogP contribution in [0, 0.1) is 18.6 Å². The van der Waals surface area contributed by atoms with Crippen LogP contribution in [0.2, 0.25) is 0 Å². The van der Waals surface area contributed by atoms with Crippen LogP contribution in [0.4, 0.5) is 14.5 Å². The normalized spacial score (nSPS) is 13.5. The van der Waals surface area contributed by atoms with E-state index in [9.17, 15) is 13.6 Å². The summed E-state index contributed by atoms with van der Waals surface area (Å²) >= 11 is 0. The van der Waals surface area contributed by atoms with Crippen molar-refractivity contribution in [2.45, 2.75) is 38.9 Å². The van der Waals surface area contributed by atoms with Gasteiger partial charge in [-0.1, -0.05) is 23.8 Å². The van der Waals surface area contributed by atoms with E-state index in [-0.39, 0.29) is 5.91 Å². The minimum absolute atomic E-state index is 0.216. The zero-order valence-corrected chi connectivity index (χ0v) is 16.7. The molecule has 0 aliphatic heterocycles. The molecule has 1 saturated carbocycles. The molecule has 1 aliphatic carbocycles. The summed E-state index contributed by atoms with van der Waals surface area (Å²) in [6, 6.07) is 13.9. The molecule has 4 nitrogen and oxygen atoms in total. The second-order valence-corrected chi connectivity index (χ2v) is 7.79. The van der Waals surface area contributed by atoms with Gasteiger partial charge in [-0.05, 0) is 61.2 Å². The van der Waals surface area contributed by atoms with Crippen molar-refractivity contribution in [2.75, 3.05) is 5.32 Å². The highest BCUT2D eigenvalue weighted by atomic mass is 19.2. The number of hydrogen-bond donors (Lipinski definition) is 1. The number of carbonyl (C=O) groups is 1. The Bertz CT molecular complexity index is 1050. The number of aryl methyl sites for hydroxylation is 1. The van der Waals surface area contributed by atoms with Gasteiger partial charge in [0.25, 0.3) is 5.91 Å². The molecule has 1 heterocycles. The van der Waals surface area contributed by atoms with Crippen LogP contribution >= 0.6 is 0 Å². The lowest BCUT2D eigenvalue weighted by atomic mass is 10.1. The van der Waals surface area contributed by atoms with Gasteiger partial charge in [-0.2, -0.15) is 0 Å². The monoisotopic (exact) mass is 407 g/mol. The van der Waals surface area contributed by atoms with E-state index in [1.54, 1.807) is 18.5 Å². The second kappa shape index (κ2) is 8.71. The average molecular weight is 407 g/mol. The number of hydrogen-bond acceptors (Lipinski definition) is 3. The Labute approximate surface area is 174 Å². The predicted octanol–water partition coefficient (Wildman–Crippen LogP) is 5.09. The zero-order valence-electron chi connectivity index (χ0n) is 16.7. The minimum atomic E-state index is -0.840. The Morgan fingerprint density at radius 1 is 1.00 bits per heavy atom. The average Bonchev–Trinajstić information content (AvgIpc) is 3.57. The molecular formula is C24H23F2N3O. The third-order valence-corrected chi connectivity index (χ3v) is 5.19. The van der Waals surface area contributed by atoms with Gasteiger partial charge in [0.2, 0.25) is 0 Å². The van der Waals surface area contributed by atoms with Crippen LogP contribution < -0.4 is 5.32 Å². The van der Waals surface area contributed by atoms with Crippen LogP contribution in [0.1, 0.15) is 39.9 Å². The summed E-state index contributed by atoms with van der Waals surface area (Å²) in [4.78, 5) is 19.0. The fraction of sp³-hybridized carbons (Fsp3) is 0.250. The number of anilines is 1. The number of nitrogens with zero attached hydrogens (tertiary/aromatic N) is 2. The van der Waals surface area contributed by atoms with E-state index >= 15 is 0 Å². The first-order valence-corrected chi connectivity index (χ1v) is 9.98. The van der Waals surface area contributed by atoms with Crippen molar-refractivity contribution in [3.05, 3.63) is 94.8 Å². The Morgan fingerprint density at radius 2 is 1.73 bits per heavy atom. The van der Waals surface area contributed by atoms with E-state index in [0.717, 1.165) is 41.3 Å². The van der Waals surface area contributed by atoms with E-state index in [4.69, 9.17) is 0 Å². The molecule has 0 radical (unpaired) electrons. The van der Waals surface area contributed by atoms with E-state index in [0.29, 0.717) is 24.7 Å². The van der Waals surface area contributed by atoms with Crippen LogP contribution in [0.5, 0.6) is 0 Å². The SMILES string of the molecule is Cc1ccc(NC(=O)c2cncc(CN(Cc3ccc(F)c(F)c3)C3CC3)c2)cc1. The molecule has 6 heteroatoms. The van der Waals surface area contributed by atoms with Crippen molar-refractivity contribution in [3.8, 4) is 0 Å². The van der Waals surface area contributed by atoms with Crippen molar-refractivity contribution >= 4 is 11.6 Å². The largest absolute Gasteiger partial charge is 0.322 e. The number of benzene rings is 2. The molecule has 0 spiro atoms. The Balaban J connectivity index is 1.45. The fourth-order valence-electron chi connectivity index (χ4n) is 3.40. The van der Waals surface area contributed by atoms with Crippen molar-refractivity contribution in [1.29, 1.82) is 0 Å². The van der Waals surface area contributed by atoms with Crippen molar-refractivity contribution in [3.63, 3.8) is 0 Å². The molecule has 4 rings (SSSR count). The Hall–Kier alpha value is -3.12. The van der Waals surface area contributed by atoms with Gasteiger partial charge in [0.15, 0.2) is 11.6 Å². The van der Waals surface area contributed by atoms with Crippen molar-refractivity contribution in [2.24, 2.45) is 0 Å². The van der Waals surface area contributed by atoms with Crippen molar-refractivity contribution in [1.82, 2.24) is 9.88 Å². The number of pyridine rings is 1. The lowest BCUT2D eigenvalue weighted by Crippen LogP contribution is -2.25. The summed E-state index contributed by atoms with van der Waals surface area (Å²) in [6.45, 7) is 3.09. The summed E-state index contributed by atoms with van der Waals surface area (Å²) in [5.41, 5.74) is 3.96. The van der Waals surface area contributed by atoms with Gasteiger partial charge < -0.3 is 5.32 Å². The molecule has 30 heavy (non-hydrogen) atoms. The van der Waals surface area contributed by atoms with Crippen LogP contribution in [-0.2, 0) is 13.1 Å². The molecular weight excluding hydrogens is 384 g/mol. The van der Waals surface area contributed by atoms with E-state index < -0.39 is 11.6 Å². The highest BCUT2D eigenvalue weighted by molar-refractivity contribution is 6.04. The molecule has 0 bridgehead atoms. The van der Waals surface area contributed by atoms with Gasteiger partial charge in [0.05, 0.1) is 5.56 Å². The number of aromatic nitrogens is 1. The first-order valence-electron chi connectivity index (χ1n) is 9.98. The minimum Gasteiger partial charge on any atom is -0.322 e. The molecule has 154 valence electrons. The number of nitrogens with one attached hydrogen (secondary N) is 1. The fourth-order valence-corrected chi connectivity index (χ4v) is 3.40. The molecule has 1 N–H and O–H groups in total. The zero-order chi connectivity index (χ0) is 21.1. The quantitative estimate of drug-likeness (QED) is 0.594. The summed E-state index contributed by atoms with van der Waals surface area (Å²) in [6.07, 6.45) is 5.43. The van der Waals surface area contributed by atoms with Crippen molar-refractivity contribution < 1.29 is 13.6 Å². The summed E-state index contributed by atoms with van der Waals surface area (Å²) < 4.78 is 26.8. The molecule has 3 aromatic rings. The van der Waals surface area contributed by atoms with E-state index in [2.05, 4.69) is 15.2 Å². The number of halogens is 2. The standard InChI is InChI=1S/C24H23F2N3O/c1-16-2-5-20(6-3-16)28-24(30)19-10-18(12-27-13-19)15-29(21-7-8-21)14-17-4-9-22(25)23(26)11-17/h2-6,9-13,21H,7-8,14-15H2,1H3,(H,28,30). The maximum absolute atomic E-state index is 13.6. The van der Waals surface area contributed by atoms with Gasteiger partial charge in [0, 0.05) is 37.2 Å².